The van der Waals surface area contributed by atoms with E-state index in [4.69, 9.17) is 0 Å². The van der Waals surface area contributed by atoms with Crippen LogP contribution in [0.4, 0.5) is 5.69 Å². The van der Waals surface area contributed by atoms with E-state index >= 15 is 0 Å². The summed E-state index contributed by atoms with van der Waals surface area (Å²) in [5.41, 5.74) is 2.43. The van der Waals surface area contributed by atoms with E-state index in [9.17, 15) is 19.8 Å². The molecule has 3 rings (SSSR count). The van der Waals surface area contributed by atoms with Crippen LogP contribution in [0.2, 0.25) is 0 Å². The number of rotatable bonds is 4. The van der Waals surface area contributed by atoms with Gasteiger partial charge in [0.2, 0.25) is 0 Å². The molecule has 0 heterocycles. The van der Waals surface area contributed by atoms with Crippen LogP contribution in [0.25, 0.3) is 0 Å². The van der Waals surface area contributed by atoms with Crippen LogP contribution in [0.15, 0.2) is 29.2 Å². The topological polar surface area (TPSA) is 98.7 Å². The van der Waals surface area contributed by atoms with Crippen LogP contribution >= 0.6 is 0 Å². The van der Waals surface area contributed by atoms with Gasteiger partial charge < -0.3 is 20.8 Å². The normalized spacial score (nSPS) is 21.9. The van der Waals surface area contributed by atoms with Crippen LogP contribution in [0.1, 0.15) is 47.1 Å². The summed E-state index contributed by atoms with van der Waals surface area (Å²) in [4.78, 5) is 26.6. The molecule has 0 fully saturated rings. The molecule has 0 saturated heterocycles. The molecule has 0 saturated carbocycles. The number of ketones is 2. The van der Waals surface area contributed by atoms with Crippen LogP contribution < -0.4 is 10.6 Å². The average Bonchev–Trinajstić information content (AvgIpc) is 2.59. The quantitative estimate of drug-likeness (QED) is 0.619. The van der Waals surface area contributed by atoms with Gasteiger partial charge in [0.15, 0.2) is 11.6 Å². The first-order valence-corrected chi connectivity index (χ1v) is 8.87. The second-order valence-electron chi connectivity index (χ2n) is 6.75. The van der Waals surface area contributed by atoms with Crippen molar-refractivity contribution in [2.24, 2.45) is 11.8 Å². The van der Waals surface area contributed by atoms with Crippen molar-refractivity contribution >= 4 is 17.3 Å². The third-order valence-corrected chi connectivity index (χ3v) is 5.04. The number of nitrogens with one attached hydrogen (secondary N) is 2. The van der Waals surface area contributed by atoms with Gasteiger partial charge in [-0.05, 0) is 51.0 Å². The second-order valence-corrected chi connectivity index (χ2v) is 6.75. The summed E-state index contributed by atoms with van der Waals surface area (Å²) in [5, 5.41) is 27.3. The molecule has 26 heavy (non-hydrogen) atoms. The highest BCUT2D eigenvalue weighted by molar-refractivity contribution is 6.22. The molecule has 2 aliphatic rings. The lowest BCUT2D eigenvalue weighted by atomic mass is 9.68. The zero-order valence-corrected chi connectivity index (χ0v) is 15.4. The van der Waals surface area contributed by atoms with Gasteiger partial charge in [-0.25, -0.2) is 0 Å². The van der Waals surface area contributed by atoms with Crippen LogP contribution in [0.5, 0.6) is 5.75 Å². The second kappa shape index (κ2) is 6.52. The molecule has 0 bridgehead atoms. The molecule has 6 nitrogen and oxygen atoms in total. The maximum absolute atomic E-state index is 13.4. The summed E-state index contributed by atoms with van der Waals surface area (Å²) >= 11 is 0. The molecule has 1 aromatic carbocycles. The number of carbonyl (C=O) groups excluding carboxylic acids is 2. The van der Waals surface area contributed by atoms with E-state index in [1.807, 2.05) is 13.8 Å². The Labute approximate surface area is 152 Å². The molecule has 0 spiro atoms. The van der Waals surface area contributed by atoms with Crippen molar-refractivity contribution in [3.8, 4) is 5.75 Å². The Bertz CT molecular complexity index is 867. The fraction of sp³-hybridized carbons (Fsp3) is 0.400. The number of Topliss-reactive ketones (excluding diaryl/α,β-unsaturated/α-hetero) is 2. The predicted molar refractivity (Wildman–Crippen MR) is 99.7 cm³/mol. The highest BCUT2D eigenvalue weighted by Crippen LogP contribution is 2.46. The Kier molecular flexibility index (Phi) is 4.52. The van der Waals surface area contributed by atoms with Crippen molar-refractivity contribution in [3.63, 3.8) is 0 Å². The van der Waals surface area contributed by atoms with Crippen molar-refractivity contribution in [1.82, 2.24) is 5.32 Å². The first-order chi connectivity index (χ1) is 12.3. The molecule has 0 amide bonds. The molecule has 138 valence electrons. The number of aromatic hydroxyl groups is 1. The van der Waals surface area contributed by atoms with Crippen molar-refractivity contribution in [1.29, 1.82) is 0 Å². The van der Waals surface area contributed by atoms with Gasteiger partial charge in [-0.15, -0.1) is 0 Å². The molecular formula is C20H24N2O4. The SMILES string of the molecule is CCNC1=CC(C)=C(O)[C@H]2C(=O)c3c(O)c(C)cc(NCC)c3C(=O)[C@@H]12. The van der Waals surface area contributed by atoms with Gasteiger partial charge in [0.1, 0.15) is 11.5 Å². The minimum atomic E-state index is -1.00. The summed E-state index contributed by atoms with van der Waals surface area (Å²) in [6.07, 6.45) is 1.72. The molecular weight excluding hydrogens is 332 g/mol. The molecule has 0 unspecified atom stereocenters. The van der Waals surface area contributed by atoms with E-state index in [0.29, 0.717) is 35.6 Å². The Hall–Kier alpha value is -2.76. The highest BCUT2D eigenvalue weighted by atomic mass is 16.3. The van der Waals surface area contributed by atoms with Crippen LogP contribution in [-0.2, 0) is 0 Å². The first-order valence-electron chi connectivity index (χ1n) is 8.87. The number of benzene rings is 1. The maximum atomic E-state index is 13.4. The summed E-state index contributed by atoms with van der Waals surface area (Å²) in [5.74, 6) is -2.81. The third kappa shape index (κ3) is 2.48. The number of carbonyl (C=O) groups is 2. The van der Waals surface area contributed by atoms with Crippen LogP contribution in [-0.4, -0.2) is 34.9 Å². The summed E-state index contributed by atoms with van der Waals surface area (Å²) in [7, 11) is 0. The van der Waals surface area contributed by atoms with E-state index in [2.05, 4.69) is 10.6 Å². The maximum Gasteiger partial charge on any atom is 0.179 e. The minimum Gasteiger partial charge on any atom is -0.511 e. The van der Waals surface area contributed by atoms with Gasteiger partial charge in [-0.3, -0.25) is 9.59 Å². The number of hydrogen-bond acceptors (Lipinski definition) is 6. The molecule has 0 aliphatic heterocycles. The van der Waals surface area contributed by atoms with E-state index in [-0.39, 0.29) is 28.4 Å². The van der Waals surface area contributed by atoms with Crippen LogP contribution in [0, 0.1) is 18.8 Å². The van der Waals surface area contributed by atoms with Crippen molar-refractivity contribution in [2.75, 3.05) is 18.4 Å². The standard InChI is InChI=1S/C20H24N2O4/c1-5-21-11-7-9(3)17(23)15-13(11)19(25)14-12(22-6-2)8-10(4)18(24)16(14)20(15)26/h7-8,13,15,21-24H,5-6H2,1-4H3/t13-,15-/m0/s1. The lowest BCUT2D eigenvalue weighted by Gasteiger charge is -2.36. The molecule has 4 N–H and O–H groups in total. The van der Waals surface area contributed by atoms with Gasteiger partial charge in [0, 0.05) is 24.5 Å². The number of anilines is 1. The van der Waals surface area contributed by atoms with Gasteiger partial charge >= 0.3 is 0 Å². The monoisotopic (exact) mass is 356 g/mol. The minimum absolute atomic E-state index is 0.00398. The molecule has 2 atom stereocenters. The van der Waals surface area contributed by atoms with Crippen molar-refractivity contribution < 1.29 is 19.8 Å². The Balaban J connectivity index is 2.29. The predicted octanol–water partition coefficient (Wildman–Crippen LogP) is 3.08. The number of aliphatic hydroxyl groups excluding tert-OH is 1. The number of aliphatic hydroxyl groups is 1. The van der Waals surface area contributed by atoms with Gasteiger partial charge in [-0.2, -0.15) is 0 Å². The van der Waals surface area contributed by atoms with E-state index in [1.165, 1.54) is 0 Å². The zero-order valence-electron chi connectivity index (χ0n) is 15.4. The number of aryl methyl sites for hydroxylation is 1. The third-order valence-electron chi connectivity index (χ3n) is 5.04. The lowest BCUT2D eigenvalue weighted by molar-refractivity contribution is 0.0739. The molecule has 6 heteroatoms. The molecule has 2 aliphatic carbocycles. The first kappa shape index (κ1) is 18.0. The van der Waals surface area contributed by atoms with Gasteiger partial charge in [0.25, 0.3) is 0 Å². The number of fused-ring (bicyclic) bond motifs is 2. The molecule has 0 radical (unpaired) electrons. The lowest BCUT2D eigenvalue weighted by Crippen LogP contribution is -2.44. The van der Waals surface area contributed by atoms with E-state index < -0.39 is 17.6 Å². The fourth-order valence-corrected chi connectivity index (χ4v) is 3.86. The smallest absolute Gasteiger partial charge is 0.179 e. The number of allylic oxidation sites excluding steroid dienone is 4. The van der Waals surface area contributed by atoms with Gasteiger partial charge in [0.05, 0.1) is 23.0 Å². The Morgan fingerprint density at radius 1 is 0.962 bits per heavy atom. The number of hydrogen-bond donors (Lipinski definition) is 4. The largest absolute Gasteiger partial charge is 0.511 e. The molecule has 0 aromatic heterocycles. The van der Waals surface area contributed by atoms with Crippen LogP contribution in [0.3, 0.4) is 0 Å². The van der Waals surface area contributed by atoms with E-state index in [0.717, 1.165) is 0 Å². The summed E-state index contributed by atoms with van der Waals surface area (Å²) < 4.78 is 0. The fourth-order valence-electron chi connectivity index (χ4n) is 3.86. The van der Waals surface area contributed by atoms with E-state index in [1.54, 1.807) is 26.0 Å². The average molecular weight is 356 g/mol. The van der Waals surface area contributed by atoms with Gasteiger partial charge in [-0.1, -0.05) is 0 Å². The van der Waals surface area contributed by atoms with Crippen molar-refractivity contribution in [2.45, 2.75) is 27.7 Å². The molecule has 1 aromatic rings. The number of phenols is 1. The highest BCUT2D eigenvalue weighted by Gasteiger charge is 2.49. The Morgan fingerprint density at radius 2 is 1.58 bits per heavy atom. The Morgan fingerprint density at radius 3 is 2.19 bits per heavy atom. The summed E-state index contributed by atoms with van der Waals surface area (Å²) in [6.45, 7) is 8.37. The summed E-state index contributed by atoms with van der Waals surface area (Å²) in [6, 6.07) is 1.68. The number of phenolic OH excluding ortho intramolecular Hbond substituents is 1. The van der Waals surface area contributed by atoms with Crippen molar-refractivity contribution in [3.05, 3.63) is 45.9 Å². The zero-order chi connectivity index (χ0) is 19.2.